The predicted octanol–water partition coefficient (Wildman–Crippen LogP) is 0.205. The molecule has 1 N–H and O–H groups in total. The number of sulfonamides is 1. The third-order valence-electron chi connectivity index (χ3n) is 2.62. The maximum Gasteiger partial charge on any atom is 0.244 e. The average Bonchev–Trinajstić information content (AvgIpc) is 2.58. The lowest BCUT2D eigenvalue weighted by Gasteiger charge is -2.19. The summed E-state index contributed by atoms with van der Waals surface area (Å²) in [6.45, 7) is 2.26. The number of halogens is 1. The minimum absolute atomic E-state index is 0.0839. The van der Waals surface area contributed by atoms with Crippen LogP contribution in [0.2, 0.25) is 0 Å². The maximum atomic E-state index is 13.0. The van der Waals surface area contributed by atoms with Crippen molar-refractivity contribution < 1.29 is 12.8 Å². The van der Waals surface area contributed by atoms with E-state index in [9.17, 15) is 12.8 Å². The molecule has 17 heavy (non-hydrogen) atoms. The lowest BCUT2D eigenvalue weighted by Crippen LogP contribution is -2.34. The molecule has 5 nitrogen and oxygen atoms in total. The molecule has 2 heterocycles. The van der Waals surface area contributed by atoms with Gasteiger partial charge in [0.1, 0.15) is 10.7 Å². The molecule has 2 rings (SSSR count). The summed E-state index contributed by atoms with van der Waals surface area (Å²) in [5, 5.41) is 3.12. The van der Waals surface area contributed by atoms with E-state index >= 15 is 0 Å². The molecule has 7 heteroatoms. The van der Waals surface area contributed by atoms with Gasteiger partial charge in [-0.05, 0) is 19.0 Å². The largest absolute Gasteiger partial charge is 0.315 e. The quantitative estimate of drug-likeness (QED) is 0.824. The van der Waals surface area contributed by atoms with Crippen LogP contribution in [0.5, 0.6) is 0 Å². The Morgan fingerprint density at radius 3 is 2.88 bits per heavy atom. The fourth-order valence-electron chi connectivity index (χ4n) is 1.74. The predicted molar refractivity (Wildman–Crippen MR) is 60.4 cm³/mol. The van der Waals surface area contributed by atoms with Crippen LogP contribution in [-0.4, -0.2) is 43.9 Å². The van der Waals surface area contributed by atoms with Gasteiger partial charge in [0.05, 0.1) is 6.20 Å². The molecule has 1 aromatic rings. The second kappa shape index (κ2) is 5.07. The molecule has 0 aromatic carbocycles. The van der Waals surface area contributed by atoms with Gasteiger partial charge < -0.3 is 5.32 Å². The summed E-state index contributed by atoms with van der Waals surface area (Å²) >= 11 is 0. The Kier molecular flexibility index (Phi) is 3.70. The zero-order valence-electron chi connectivity index (χ0n) is 9.26. The van der Waals surface area contributed by atoms with Gasteiger partial charge in [0.25, 0.3) is 0 Å². The van der Waals surface area contributed by atoms with Crippen molar-refractivity contribution in [1.29, 1.82) is 0 Å². The number of nitrogens with one attached hydrogen (secondary N) is 1. The van der Waals surface area contributed by atoms with Crippen molar-refractivity contribution in [3.8, 4) is 0 Å². The first kappa shape index (κ1) is 12.4. The lowest BCUT2D eigenvalue weighted by molar-refractivity contribution is 0.431. The molecule has 1 fully saturated rings. The first-order valence-corrected chi connectivity index (χ1v) is 6.86. The second-order valence-corrected chi connectivity index (χ2v) is 5.78. The van der Waals surface area contributed by atoms with Crippen molar-refractivity contribution in [3.63, 3.8) is 0 Å². The van der Waals surface area contributed by atoms with Crippen LogP contribution in [0.1, 0.15) is 6.42 Å². The van der Waals surface area contributed by atoms with E-state index in [0.29, 0.717) is 19.6 Å². The van der Waals surface area contributed by atoms with Gasteiger partial charge in [-0.15, -0.1) is 0 Å². The molecule has 0 spiro atoms. The van der Waals surface area contributed by atoms with E-state index in [1.54, 1.807) is 0 Å². The molecule has 0 saturated carbocycles. The van der Waals surface area contributed by atoms with Crippen LogP contribution in [0.15, 0.2) is 23.4 Å². The van der Waals surface area contributed by atoms with E-state index < -0.39 is 15.8 Å². The number of rotatable bonds is 2. The molecule has 1 saturated heterocycles. The first-order valence-electron chi connectivity index (χ1n) is 5.42. The molecule has 1 aromatic heterocycles. The van der Waals surface area contributed by atoms with Gasteiger partial charge in [0.15, 0.2) is 0 Å². The number of nitrogens with zero attached hydrogens (tertiary/aromatic N) is 2. The Labute approximate surface area is 99.7 Å². The highest BCUT2D eigenvalue weighted by molar-refractivity contribution is 7.89. The molecule has 0 unspecified atom stereocenters. The molecular formula is C10H14FN3O2S. The van der Waals surface area contributed by atoms with E-state index in [1.165, 1.54) is 10.5 Å². The molecule has 1 aliphatic rings. The van der Waals surface area contributed by atoms with E-state index in [4.69, 9.17) is 0 Å². The Morgan fingerprint density at radius 2 is 2.12 bits per heavy atom. The number of hydrogen-bond acceptors (Lipinski definition) is 4. The second-order valence-electron chi connectivity index (χ2n) is 3.85. The standard InChI is InChI=1S/C10H14FN3O2S/c11-9-6-10(8-13-7-9)17(15,16)14-4-1-2-12-3-5-14/h6-8,12H,1-5H2. The first-order chi connectivity index (χ1) is 8.10. The molecular weight excluding hydrogens is 245 g/mol. The third kappa shape index (κ3) is 2.80. The molecule has 0 bridgehead atoms. The summed E-state index contributed by atoms with van der Waals surface area (Å²) < 4.78 is 38.7. The Hall–Kier alpha value is -1.05. The van der Waals surface area contributed by atoms with Crippen molar-refractivity contribution in [2.75, 3.05) is 26.2 Å². The average molecular weight is 259 g/mol. The number of pyridine rings is 1. The fourth-order valence-corrected chi connectivity index (χ4v) is 3.20. The highest BCUT2D eigenvalue weighted by Gasteiger charge is 2.25. The van der Waals surface area contributed by atoms with Gasteiger partial charge in [-0.2, -0.15) is 4.31 Å². The Morgan fingerprint density at radius 1 is 1.29 bits per heavy atom. The zero-order valence-corrected chi connectivity index (χ0v) is 10.1. The normalized spacial score (nSPS) is 18.9. The summed E-state index contributed by atoms with van der Waals surface area (Å²) in [5.74, 6) is -0.640. The summed E-state index contributed by atoms with van der Waals surface area (Å²) in [7, 11) is -3.62. The molecule has 0 amide bonds. The van der Waals surface area contributed by atoms with E-state index in [0.717, 1.165) is 25.2 Å². The molecule has 94 valence electrons. The smallest absolute Gasteiger partial charge is 0.244 e. The SMILES string of the molecule is O=S(=O)(c1cncc(F)c1)N1CCCNCC1. The van der Waals surface area contributed by atoms with E-state index in [-0.39, 0.29) is 4.90 Å². The molecule has 0 radical (unpaired) electrons. The van der Waals surface area contributed by atoms with Crippen molar-refractivity contribution in [2.24, 2.45) is 0 Å². The van der Waals surface area contributed by atoms with Crippen LogP contribution in [0.4, 0.5) is 4.39 Å². The van der Waals surface area contributed by atoms with Crippen LogP contribution in [0.3, 0.4) is 0 Å². The van der Waals surface area contributed by atoms with Crippen LogP contribution < -0.4 is 5.32 Å². The monoisotopic (exact) mass is 259 g/mol. The van der Waals surface area contributed by atoms with Gasteiger partial charge in [-0.1, -0.05) is 0 Å². The van der Waals surface area contributed by atoms with Crippen LogP contribution in [0, 0.1) is 5.82 Å². The summed E-state index contributed by atoms with van der Waals surface area (Å²) in [4.78, 5) is 3.49. The van der Waals surface area contributed by atoms with Gasteiger partial charge in [0, 0.05) is 25.8 Å². The van der Waals surface area contributed by atoms with Crippen molar-refractivity contribution >= 4 is 10.0 Å². The number of aromatic nitrogens is 1. The maximum absolute atomic E-state index is 13.0. The molecule has 1 aliphatic heterocycles. The topological polar surface area (TPSA) is 62.3 Å². The summed E-state index contributed by atoms with van der Waals surface area (Å²) in [6, 6.07) is 1.00. The van der Waals surface area contributed by atoms with Gasteiger partial charge in [0.2, 0.25) is 10.0 Å². The number of hydrogen-bond donors (Lipinski definition) is 1. The van der Waals surface area contributed by atoms with Gasteiger partial charge in [-0.25, -0.2) is 12.8 Å². The van der Waals surface area contributed by atoms with E-state index in [1.807, 2.05) is 0 Å². The molecule has 0 aliphatic carbocycles. The van der Waals surface area contributed by atoms with Crippen LogP contribution in [0.25, 0.3) is 0 Å². The van der Waals surface area contributed by atoms with Crippen molar-refractivity contribution in [2.45, 2.75) is 11.3 Å². The summed E-state index contributed by atoms with van der Waals surface area (Å²) in [5.41, 5.74) is 0. The highest BCUT2D eigenvalue weighted by Crippen LogP contribution is 2.16. The van der Waals surface area contributed by atoms with E-state index in [2.05, 4.69) is 10.3 Å². The third-order valence-corrected chi connectivity index (χ3v) is 4.48. The highest BCUT2D eigenvalue weighted by atomic mass is 32.2. The van der Waals surface area contributed by atoms with Crippen molar-refractivity contribution in [1.82, 2.24) is 14.6 Å². The van der Waals surface area contributed by atoms with Crippen LogP contribution in [-0.2, 0) is 10.0 Å². The van der Waals surface area contributed by atoms with Crippen LogP contribution >= 0.6 is 0 Å². The fraction of sp³-hybridized carbons (Fsp3) is 0.500. The Balaban J connectivity index is 2.28. The minimum atomic E-state index is -3.62. The zero-order chi connectivity index (χ0) is 12.3. The minimum Gasteiger partial charge on any atom is -0.315 e. The summed E-state index contributed by atoms with van der Waals surface area (Å²) in [6.07, 6.45) is 2.92. The van der Waals surface area contributed by atoms with Gasteiger partial charge >= 0.3 is 0 Å². The van der Waals surface area contributed by atoms with Gasteiger partial charge in [-0.3, -0.25) is 4.98 Å². The lowest BCUT2D eigenvalue weighted by atomic mass is 10.4. The van der Waals surface area contributed by atoms with Crippen molar-refractivity contribution in [3.05, 3.63) is 24.3 Å². The Bertz CT molecular complexity index is 484. The molecule has 0 atom stereocenters.